The number of likely N-dealkylation sites (N-methyl/N-ethyl adjacent to an activating group) is 2. The molecule has 0 bridgehead atoms. The first-order valence-corrected chi connectivity index (χ1v) is 5.16. The molecule has 98 valence electrons. The van der Waals surface area contributed by atoms with E-state index in [1.54, 1.807) is 6.92 Å². The van der Waals surface area contributed by atoms with E-state index in [-0.39, 0.29) is 6.54 Å². The Hall–Kier alpha value is -1.79. The maximum absolute atomic E-state index is 11.9. The van der Waals surface area contributed by atoms with Crippen molar-refractivity contribution in [3.05, 3.63) is 0 Å². The zero-order valence-corrected chi connectivity index (χ0v) is 10.5. The standard InChI is InChI=1S/C10H18N2O5/c1-5-12(6-8(13)17-4)10(16)11(3)7(2)9(14)15/h7H,5-6H2,1-4H3,(H,14,15). The van der Waals surface area contributed by atoms with Gasteiger partial charge in [-0.3, -0.25) is 4.79 Å². The van der Waals surface area contributed by atoms with Crippen molar-refractivity contribution in [1.82, 2.24) is 9.80 Å². The molecule has 1 unspecified atom stereocenters. The molecule has 0 saturated carbocycles. The average molecular weight is 246 g/mol. The monoisotopic (exact) mass is 246 g/mol. The van der Waals surface area contributed by atoms with Crippen LogP contribution in [-0.2, 0) is 14.3 Å². The molecule has 1 N–H and O–H groups in total. The van der Waals surface area contributed by atoms with Crippen LogP contribution in [-0.4, -0.2) is 66.2 Å². The third kappa shape index (κ3) is 4.29. The van der Waals surface area contributed by atoms with Crippen LogP contribution in [0.4, 0.5) is 4.79 Å². The van der Waals surface area contributed by atoms with Gasteiger partial charge in [-0.15, -0.1) is 0 Å². The van der Waals surface area contributed by atoms with E-state index in [4.69, 9.17) is 5.11 Å². The number of carboxylic acids is 1. The number of carbonyl (C=O) groups excluding carboxylic acids is 2. The number of carbonyl (C=O) groups is 3. The molecule has 0 heterocycles. The third-order valence-corrected chi connectivity index (χ3v) is 2.44. The lowest BCUT2D eigenvalue weighted by atomic mass is 10.3. The first-order chi connectivity index (χ1) is 7.84. The van der Waals surface area contributed by atoms with Crippen LogP contribution < -0.4 is 0 Å². The molecule has 0 aliphatic heterocycles. The fourth-order valence-corrected chi connectivity index (χ4v) is 1.09. The van der Waals surface area contributed by atoms with E-state index in [2.05, 4.69) is 4.74 Å². The molecule has 0 aliphatic carbocycles. The lowest BCUT2D eigenvalue weighted by Gasteiger charge is -2.28. The number of rotatable bonds is 5. The van der Waals surface area contributed by atoms with Crippen molar-refractivity contribution in [1.29, 1.82) is 0 Å². The maximum Gasteiger partial charge on any atom is 0.326 e. The highest BCUT2D eigenvalue weighted by atomic mass is 16.5. The molecule has 17 heavy (non-hydrogen) atoms. The molecule has 0 rings (SSSR count). The second-order valence-corrected chi connectivity index (χ2v) is 3.50. The van der Waals surface area contributed by atoms with Gasteiger partial charge in [0.15, 0.2) is 0 Å². The van der Waals surface area contributed by atoms with E-state index in [1.807, 2.05) is 0 Å². The van der Waals surface area contributed by atoms with Crippen molar-refractivity contribution in [2.75, 3.05) is 27.2 Å². The summed E-state index contributed by atoms with van der Waals surface area (Å²) in [6.07, 6.45) is 0. The Morgan fingerprint density at radius 2 is 1.88 bits per heavy atom. The number of ether oxygens (including phenoxy) is 1. The van der Waals surface area contributed by atoms with Gasteiger partial charge in [-0.05, 0) is 13.8 Å². The molecular weight excluding hydrogens is 228 g/mol. The summed E-state index contributed by atoms with van der Waals surface area (Å²) in [6, 6.07) is -1.47. The Balaban J connectivity index is 4.63. The van der Waals surface area contributed by atoms with E-state index in [0.29, 0.717) is 6.54 Å². The van der Waals surface area contributed by atoms with Crippen LogP contribution in [0.3, 0.4) is 0 Å². The van der Waals surface area contributed by atoms with Crippen LogP contribution in [0.5, 0.6) is 0 Å². The first kappa shape index (κ1) is 15.2. The fourth-order valence-electron chi connectivity index (χ4n) is 1.09. The lowest BCUT2D eigenvalue weighted by molar-refractivity contribution is -0.141. The van der Waals surface area contributed by atoms with Gasteiger partial charge in [0, 0.05) is 13.6 Å². The van der Waals surface area contributed by atoms with E-state index >= 15 is 0 Å². The summed E-state index contributed by atoms with van der Waals surface area (Å²) in [5, 5.41) is 8.78. The molecule has 0 aromatic heterocycles. The number of hydrogen-bond donors (Lipinski definition) is 1. The minimum Gasteiger partial charge on any atom is -0.480 e. The molecule has 0 aromatic rings. The molecule has 1 atom stereocenters. The molecule has 7 heteroatoms. The maximum atomic E-state index is 11.9. The molecular formula is C10H18N2O5. The number of carboxylic acid groups (broad SMARTS) is 1. The smallest absolute Gasteiger partial charge is 0.326 e. The zero-order chi connectivity index (χ0) is 13.6. The molecule has 0 saturated heterocycles. The quantitative estimate of drug-likeness (QED) is 0.690. The van der Waals surface area contributed by atoms with Crippen LogP contribution in [0.2, 0.25) is 0 Å². The Morgan fingerprint density at radius 3 is 2.24 bits per heavy atom. The second-order valence-electron chi connectivity index (χ2n) is 3.50. The van der Waals surface area contributed by atoms with Gasteiger partial charge in [0.2, 0.25) is 0 Å². The van der Waals surface area contributed by atoms with Crippen molar-refractivity contribution in [3.8, 4) is 0 Å². The van der Waals surface area contributed by atoms with Gasteiger partial charge < -0.3 is 19.6 Å². The molecule has 2 amide bonds. The van der Waals surface area contributed by atoms with Crippen LogP contribution in [0.1, 0.15) is 13.8 Å². The van der Waals surface area contributed by atoms with Crippen molar-refractivity contribution in [2.45, 2.75) is 19.9 Å². The normalized spacial score (nSPS) is 11.5. The molecule has 0 aliphatic rings. The lowest BCUT2D eigenvalue weighted by Crippen LogP contribution is -2.49. The van der Waals surface area contributed by atoms with Crippen molar-refractivity contribution in [2.24, 2.45) is 0 Å². The molecule has 7 nitrogen and oxygen atoms in total. The Labute approximate surface area is 99.9 Å². The highest BCUT2D eigenvalue weighted by molar-refractivity contribution is 5.84. The summed E-state index contributed by atoms with van der Waals surface area (Å²) in [5.41, 5.74) is 0. The van der Waals surface area contributed by atoms with Gasteiger partial charge in [0.25, 0.3) is 0 Å². The first-order valence-electron chi connectivity index (χ1n) is 5.16. The van der Waals surface area contributed by atoms with Crippen LogP contribution in [0, 0.1) is 0 Å². The van der Waals surface area contributed by atoms with Crippen molar-refractivity contribution >= 4 is 18.0 Å². The summed E-state index contributed by atoms with van der Waals surface area (Å²) < 4.78 is 4.45. The number of nitrogens with zero attached hydrogens (tertiary/aromatic N) is 2. The van der Waals surface area contributed by atoms with E-state index < -0.39 is 24.0 Å². The highest BCUT2D eigenvalue weighted by Crippen LogP contribution is 2.03. The second kappa shape index (κ2) is 6.72. The SMILES string of the molecule is CCN(CC(=O)OC)C(=O)N(C)C(C)C(=O)O. The van der Waals surface area contributed by atoms with Crippen LogP contribution >= 0.6 is 0 Å². The number of amides is 2. The third-order valence-electron chi connectivity index (χ3n) is 2.44. The summed E-state index contributed by atoms with van der Waals surface area (Å²) >= 11 is 0. The summed E-state index contributed by atoms with van der Waals surface area (Å²) in [5.74, 6) is -1.65. The topological polar surface area (TPSA) is 87.2 Å². The number of urea groups is 1. The highest BCUT2D eigenvalue weighted by Gasteiger charge is 2.26. The van der Waals surface area contributed by atoms with Gasteiger partial charge in [-0.1, -0.05) is 0 Å². The summed E-state index contributed by atoms with van der Waals surface area (Å²) in [7, 11) is 2.60. The molecule has 0 radical (unpaired) electrons. The molecule has 0 aromatic carbocycles. The Kier molecular flexibility index (Phi) is 6.01. The predicted molar refractivity (Wildman–Crippen MR) is 59.5 cm³/mol. The zero-order valence-electron chi connectivity index (χ0n) is 10.5. The van der Waals surface area contributed by atoms with E-state index in [0.717, 1.165) is 4.90 Å². The van der Waals surface area contributed by atoms with Crippen LogP contribution in [0.15, 0.2) is 0 Å². The average Bonchev–Trinajstić information content (AvgIpc) is 2.32. The number of aliphatic carboxylic acids is 1. The minimum absolute atomic E-state index is 0.192. The number of methoxy groups -OCH3 is 1. The molecule has 0 fully saturated rings. The van der Waals surface area contributed by atoms with Gasteiger partial charge in [-0.2, -0.15) is 0 Å². The molecule has 0 spiro atoms. The van der Waals surface area contributed by atoms with Gasteiger partial charge >= 0.3 is 18.0 Å². The Morgan fingerprint density at radius 1 is 1.35 bits per heavy atom. The summed E-state index contributed by atoms with van der Waals surface area (Å²) in [4.78, 5) is 35.9. The van der Waals surface area contributed by atoms with Crippen molar-refractivity contribution < 1.29 is 24.2 Å². The van der Waals surface area contributed by atoms with Crippen molar-refractivity contribution in [3.63, 3.8) is 0 Å². The van der Waals surface area contributed by atoms with E-state index in [1.165, 1.54) is 26.0 Å². The van der Waals surface area contributed by atoms with Gasteiger partial charge in [0.1, 0.15) is 12.6 Å². The fraction of sp³-hybridized carbons (Fsp3) is 0.700. The van der Waals surface area contributed by atoms with E-state index in [9.17, 15) is 14.4 Å². The minimum atomic E-state index is -1.10. The Bertz CT molecular complexity index is 305. The van der Waals surface area contributed by atoms with Crippen LogP contribution in [0.25, 0.3) is 0 Å². The number of hydrogen-bond acceptors (Lipinski definition) is 4. The van der Waals surface area contributed by atoms with Gasteiger partial charge in [0.05, 0.1) is 7.11 Å². The number of esters is 1. The predicted octanol–water partition coefficient (Wildman–Crippen LogP) is 0.00620. The van der Waals surface area contributed by atoms with Gasteiger partial charge in [-0.25, -0.2) is 9.59 Å². The summed E-state index contributed by atoms with van der Waals surface area (Å²) in [6.45, 7) is 3.19. The largest absolute Gasteiger partial charge is 0.480 e.